The Hall–Kier alpha value is -1.42. The summed E-state index contributed by atoms with van der Waals surface area (Å²) in [7, 11) is 1.63. The van der Waals surface area contributed by atoms with Crippen LogP contribution < -0.4 is 10.6 Å². The van der Waals surface area contributed by atoms with Gasteiger partial charge in [-0.1, -0.05) is 18.9 Å². The molecule has 1 fully saturated rings. The van der Waals surface area contributed by atoms with E-state index >= 15 is 0 Å². The van der Waals surface area contributed by atoms with Crippen LogP contribution in [0.25, 0.3) is 0 Å². The topological polar surface area (TPSA) is 46.3 Å². The predicted octanol–water partition coefficient (Wildman–Crippen LogP) is 2.12. The fourth-order valence-corrected chi connectivity index (χ4v) is 3.54. The van der Waals surface area contributed by atoms with Crippen LogP contribution in [0.5, 0.6) is 0 Å². The Morgan fingerprint density at radius 3 is 2.68 bits per heavy atom. The second-order valence-electron chi connectivity index (χ2n) is 5.79. The van der Waals surface area contributed by atoms with Gasteiger partial charge in [-0.2, -0.15) is 0 Å². The summed E-state index contributed by atoms with van der Waals surface area (Å²) in [5.74, 6) is -0.333. The number of nitrogens with two attached hydrogens (primary N) is 1. The number of hydrogen-bond donors (Lipinski definition) is 1. The third kappa shape index (κ3) is 1.77. The number of rotatable bonds is 2. The molecule has 0 unspecified atom stereocenters. The lowest BCUT2D eigenvalue weighted by molar-refractivity contribution is -0.117. The van der Waals surface area contributed by atoms with Crippen molar-refractivity contribution < 1.29 is 9.18 Å². The molecule has 1 aromatic carbocycles. The lowest BCUT2D eigenvalue weighted by atomic mass is 9.78. The summed E-state index contributed by atoms with van der Waals surface area (Å²) in [6.07, 6.45) is 4.64. The molecule has 1 aliphatic heterocycles. The molecule has 0 radical (unpaired) electrons. The van der Waals surface area contributed by atoms with Gasteiger partial charge in [0.25, 0.3) is 0 Å². The Morgan fingerprint density at radius 1 is 1.37 bits per heavy atom. The summed E-state index contributed by atoms with van der Waals surface area (Å²) < 4.78 is 14.3. The smallest absolute Gasteiger partial charge is 0.231 e. The first-order valence-electron chi connectivity index (χ1n) is 6.87. The maximum Gasteiger partial charge on any atom is 0.231 e. The number of benzene rings is 1. The number of anilines is 1. The molecule has 1 amide bonds. The number of amides is 1. The van der Waals surface area contributed by atoms with Gasteiger partial charge >= 0.3 is 0 Å². The number of nitrogens with zero attached hydrogens (tertiary/aromatic N) is 1. The van der Waals surface area contributed by atoms with Gasteiger partial charge in [0.2, 0.25) is 5.91 Å². The number of halogens is 1. The van der Waals surface area contributed by atoms with Crippen LogP contribution in [0.4, 0.5) is 10.1 Å². The molecule has 2 aliphatic rings. The number of fused-ring (bicyclic) bond motifs is 1. The SMILES string of the molecule is CN1C(=O)Cc2cc(C3(CN)CCCC3)cc(F)c21. The maximum absolute atomic E-state index is 14.3. The highest BCUT2D eigenvalue weighted by molar-refractivity contribution is 6.01. The zero-order valence-electron chi connectivity index (χ0n) is 11.2. The van der Waals surface area contributed by atoms with Gasteiger partial charge in [0.05, 0.1) is 12.1 Å². The molecule has 4 heteroatoms. The second-order valence-corrected chi connectivity index (χ2v) is 5.79. The molecule has 3 rings (SSSR count). The van der Waals surface area contributed by atoms with Crippen molar-refractivity contribution in [1.82, 2.24) is 0 Å². The molecule has 0 bridgehead atoms. The second kappa shape index (κ2) is 4.30. The van der Waals surface area contributed by atoms with Crippen molar-refractivity contribution in [2.45, 2.75) is 37.5 Å². The minimum Gasteiger partial charge on any atom is -0.330 e. The molecule has 1 aromatic rings. The lowest BCUT2D eigenvalue weighted by Crippen LogP contribution is -2.32. The fraction of sp³-hybridized carbons (Fsp3) is 0.533. The predicted molar refractivity (Wildman–Crippen MR) is 72.7 cm³/mol. The minimum absolute atomic E-state index is 0.0423. The Morgan fingerprint density at radius 2 is 2.05 bits per heavy atom. The van der Waals surface area contributed by atoms with E-state index in [9.17, 15) is 9.18 Å². The Balaban J connectivity index is 2.09. The van der Waals surface area contributed by atoms with E-state index in [1.54, 1.807) is 13.1 Å². The molecule has 0 saturated heterocycles. The fourth-order valence-electron chi connectivity index (χ4n) is 3.54. The Labute approximate surface area is 112 Å². The van der Waals surface area contributed by atoms with E-state index in [0.29, 0.717) is 18.7 Å². The summed E-state index contributed by atoms with van der Waals surface area (Å²) in [4.78, 5) is 13.1. The highest BCUT2D eigenvalue weighted by Crippen LogP contribution is 2.43. The molecule has 0 aromatic heterocycles. The first kappa shape index (κ1) is 12.6. The van der Waals surface area contributed by atoms with Crippen LogP contribution in [0.3, 0.4) is 0 Å². The number of carbonyl (C=O) groups is 1. The van der Waals surface area contributed by atoms with Gasteiger partial charge in [-0.3, -0.25) is 4.79 Å². The van der Waals surface area contributed by atoms with E-state index in [-0.39, 0.29) is 17.1 Å². The van der Waals surface area contributed by atoms with Crippen LogP contribution in [-0.2, 0) is 16.6 Å². The highest BCUT2D eigenvalue weighted by atomic mass is 19.1. The van der Waals surface area contributed by atoms with Gasteiger partial charge in [0.15, 0.2) is 0 Å². The van der Waals surface area contributed by atoms with Crippen molar-refractivity contribution >= 4 is 11.6 Å². The zero-order chi connectivity index (χ0) is 13.6. The molecule has 1 aliphatic carbocycles. The van der Waals surface area contributed by atoms with Crippen molar-refractivity contribution in [2.24, 2.45) is 5.73 Å². The summed E-state index contributed by atoms with van der Waals surface area (Å²) in [5.41, 5.74) is 8.10. The molecule has 0 atom stereocenters. The van der Waals surface area contributed by atoms with Gasteiger partial charge in [-0.15, -0.1) is 0 Å². The minimum atomic E-state index is -0.291. The molecule has 102 valence electrons. The molecular formula is C15H19FN2O. The molecule has 1 saturated carbocycles. The van der Waals surface area contributed by atoms with Crippen molar-refractivity contribution in [1.29, 1.82) is 0 Å². The molecule has 0 spiro atoms. The van der Waals surface area contributed by atoms with E-state index < -0.39 is 0 Å². The van der Waals surface area contributed by atoms with Gasteiger partial charge in [0.1, 0.15) is 5.82 Å². The van der Waals surface area contributed by atoms with Crippen LogP contribution in [0, 0.1) is 5.82 Å². The largest absolute Gasteiger partial charge is 0.330 e. The molecular weight excluding hydrogens is 243 g/mol. The zero-order valence-corrected chi connectivity index (χ0v) is 11.2. The van der Waals surface area contributed by atoms with Crippen molar-refractivity contribution in [2.75, 3.05) is 18.5 Å². The first-order chi connectivity index (χ1) is 9.07. The maximum atomic E-state index is 14.3. The monoisotopic (exact) mass is 262 g/mol. The summed E-state index contributed by atoms with van der Waals surface area (Å²) in [6, 6.07) is 3.59. The molecule has 19 heavy (non-hydrogen) atoms. The number of carbonyl (C=O) groups excluding carboxylic acids is 1. The van der Waals surface area contributed by atoms with Crippen LogP contribution in [0.15, 0.2) is 12.1 Å². The van der Waals surface area contributed by atoms with Gasteiger partial charge < -0.3 is 10.6 Å². The normalized spacial score (nSPS) is 21.0. The van der Waals surface area contributed by atoms with Crippen LogP contribution in [0.2, 0.25) is 0 Å². The highest BCUT2D eigenvalue weighted by Gasteiger charge is 2.37. The van der Waals surface area contributed by atoms with E-state index in [1.807, 2.05) is 6.07 Å². The summed E-state index contributed by atoms with van der Waals surface area (Å²) in [6.45, 7) is 0.551. The third-order valence-corrected chi connectivity index (χ3v) is 4.76. The molecule has 3 nitrogen and oxygen atoms in total. The van der Waals surface area contributed by atoms with Crippen molar-refractivity contribution in [3.63, 3.8) is 0 Å². The number of hydrogen-bond acceptors (Lipinski definition) is 2. The third-order valence-electron chi connectivity index (χ3n) is 4.76. The number of likely N-dealkylation sites (N-methyl/N-ethyl adjacent to an activating group) is 1. The van der Waals surface area contributed by atoms with Gasteiger partial charge in [0, 0.05) is 19.0 Å². The average molecular weight is 262 g/mol. The van der Waals surface area contributed by atoms with Gasteiger partial charge in [-0.25, -0.2) is 4.39 Å². The lowest BCUT2D eigenvalue weighted by Gasteiger charge is -2.28. The first-order valence-corrected chi connectivity index (χ1v) is 6.87. The quantitative estimate of drug-likeness (QED) is 0.887. The molecule has 1 heterocycles. The molecule has 2 N–H and O–H groups in total. The van der Waals surface area contributed by atoms with E-state index in [1.165, 1.54) is 4.90 Å². The van der Waals surface area contributed by atoms with E-state index in [0.717, 1.165) is 36.8 Å². The van der Waals surface area contributed by atoms with E-state index in [2.05, 4.69) is 0 Å². The Bertz CT molecular complexity index is 535. The van der Waals surface area contributed by atoms with Crippen LogP contribution in [-0.4, -0.2) is 19.5 Å². The average Bonchev–Trinajstić information content (AvgIpc) is 2.96. The van der Waals surface area contributed by atoms with Gasteiger partial charge in [-0.05, 0) is 30.0 Å². The van der Waals surface area contributed by atoms with Crippen molar-refractivity contribution in [3.8, 4) is 0 Å². The summed E-state index contributed by atoms with van der Waals surface area (Å²) in [5, 5.41) is 0. The van der Waals surface area contributed by atoms with Crippen LogP contribution >= 0.6 is 0 Å². The standard InChI is InChI=1S/C15H19FN2O/c1-18-13(19)7-10-6-11(8-12(16)14(10)18)15(9-17)4-2-3-5-15/h6,8H,2-5,7,9,17H2,1H3. The van der Waals surface area contributed by atoms with E-state index in [4.69, 9.17) is 5.73 Å². The van der Waals surface area contributed by atoms with Crippen molar-refractivity contribution in [3.05, 3.63) is 29.1 Å². The van der Waals surface area contributed by atoms with Crippen LogP contribution in [0.1, 0.15) is 36.8 Å². The Kier molecular flexibility index (Phi) is 2.86. The summed E-state index contributed by atoms with van der Waals surface area (Å²) >= 11 is 0.